The monoisotopic (exact) mass is 261 g/mol. The van der Waals surface area contributed by atoms with E-state index >= 15 is 0 Å². The summed E-state index contributed by atoms with van der Waals surface area (Å²) in [6.07, 6.45) is 11.0. The van der Waals surface area contributed by atoms with Crippen molar-refractivity contribution in [3.8, 4) is 0 Å². The second kappa shape index (κ2) is 5.38. The van der Waals surface area contributed by atoms with E-state index in [4.69, 9.17) is 0 Å². The summed E-state index contributed by atoms with van der Waals surface area (Å²) in [5.41, 5.74) is 7.19. The molecule has 0 saturated carbocycles. The van der Waals surface area contributed by atoms with E-state index in [0.29, 0.717) is 0 Å². The van der Waals surface area contributed by atoms with Crippen LogP contribution in [0.1, 0.15) is 25.3 Å². The SMILES string of the molecule is C=C1C2=CCCC=C2NC(/C=C/c2ccccc2)=C1C. The number of nitrogens with one attached hydrogen (secondary N) is 1. The van der Waals surface area contributed by atoms with Crippen molar-refractivity contribution in [3.05, 3.63) is 88.8 Å². The standard InChI is InChI=1S/C19H19N/c1-14-15(2)18(13-12-16-8-4-3-5-9-16)20-19-11-7-6-10-17(14)19/h3-5,8-13,20H,1,6-7H2,2H3/b13-12+. The van der Waals surface area contributed by atoms with Crippen molar-refractivity contribution in [3.63, 3.8) is 0 Å². The molecule has 0 bridgehead atoms. The van der Waals surface area contributed by atoms with Crippen LogP contribution in [0.5, 0.6) is 0 Å². The van der Waals surface area contributed by atoms with Crippen LogP contribution < -0.4 is 5.32 Å². The van der Waals surface area contributed by atoms with Gasteiger partial charge in [0.25, 0.3) is 0 Å². The molecule has 1 heteroatoms. The van der Waals surface area contributed by atoms with Gasteiger partial charge in [0.05, 0.1) is 0 Å². The zero-order valence-corrected chi connectivity index (χ0v) is 11.8. The molecule has 0 aromatic heterocycles. The highest BCUT2D eigenvalue weighted by atomic mass is 14.9. The highest BCUT2D eigenvalue weighted by molar-refractivity contribution is 5.64. The van der Waals surface area contributed by atoms with Gasteiger partial charge in [0.15, 0.2) is 0 Å². The predicted molar refractivity (Wildman–Crippen MR) is 85.9 cm³/mol. The molecule has 0 fully saturated rings. The van der Waals surface area contributed by atoms with Crippen molar-refractivity contribution in [2.24, 2.45) is 0 Å². The average molecular weight is 261 g/mol. The Bertz CT molecular complexity index is 654. The lowest BCUT2D eigenvalue weighted by atomic mass is 9.88. The second-order valence-electron chi connectivity index (χ2n) is 5.20. The van der Waals surface area contributed by atoms with Crippen LogP contribution in [0.15, 0.2) is 83.3 Å². The van der Waals surface area contributed by atoms with Gasteiger partial charge in [-0.1, -0.05) is 55.1 Å². The second-order valence-corrected chi connectivity index (χ2v) is 5.20. The predicted octanol–water partition coefficient (Wildman–Crippen LogP) is 4.74. The van der Waals surface area contributed by atoms with Gasteiger partial charge in [0.2, 0.25) is 0 Å². The van der Waals surface area contributed by atoms with Crippen LogP contribution in [0.2, 0.25) is 0 Å². The summed E-state index contributed by atoms with van der Waals surface area (Å²) in [7, 11) is 0. The van der Waals surface area contributed by atoms with Crippen LogP contribution >= 0.6 is 0 Å². The van der Waals surface area contributed by atoms with Crippen LogP contribution in [-0.4, -0.2) is 0 Å². The molecule has 1 heterocycles. The molecule has 20 heavy (non-hydrogen) atoms. The van der Waals surface area contributed by atoms with Gasteiger partial charge in [0, 0.05) is 17.0 Å². The van der Waals surface area contributed by atoms with E-state index in [1.54, 1.807) is 0 Å². The molecular weight excluding hydrogens is 242 g/mol. The third-order valence-corrected chi connectivity index (χ3v) is 3.85. The van der Waals surface area contributed by atoms with Crippen LogP contribution in [0.25, 0.3) is 6.08 Å². The quantitative estimate of drug-likeness (QED) is 0.811. The molecule has 3 rings (SSSR count). The summed E-state index contributed by atoms with van der Waals surface area (Å²) in [4.78, 5) is 0. The highest BCUT2D eigenvalue weighted by Crippen LogP contribution is 2.33. The maximum absolute atomic E-state index is 4.24. The average Bonchev–Trinajstić information content (AvgIpc) is 2.50. The molecule has 1 N–H and O–H groups in total. The highest BCUT2D eigenvalue weighted by Gasteiger charge is 2.20. The Morgan fingerprint density at radius 3 is 2.60 bits per heavy atom. The number of hydrogen-bond acceptors (Lipinski definition) is 1. The summed E-state index contributed by atoms with van der Waals surface area (Å²) in [6, 6.07) is 10.4. The Hall–Kier alpha value is -2.28. The largest absolute Gasteiger partial charge is 0.355 e. The van der Waals surface area contributed by atoms with E-state index < -0.39 is 0 Å². The van der Waals surface area contributed by atoms with E-state index in [1.165, 1.54) is 22.4 Å². The Morgan fingerprint density at radius 1 is 1.05 bits per heavy atom. The van der Waals surface area contributed by atoms with Crippen molar-refractivity contribution < 1.29 is 0 Å². The molecule has 0 unspecified atom stereocenters. The zero-order valence-electron chi connectivity index (χ0n) is 11.8. The van der Waals surface area contributed by atoms with Crippen LogP contribution in [0.4, 0.5) is 0 Å². The Kier molecular flexibility index (Phi) is 3.42. The van der Waals surface area contributed by atoms with E-state index in [-0.39, 0.29) is 0 Å². The maximum atomic E-state index is 4.24. The number of benzene rings is 1. The molecule has 1 aromatic carbocycles. The Morgan fingerprint density at radius 2 is 1.80 bits per heavy atom. The molecule has 0 radical (unpaired) electrons. The molecule has 100 valence electrons. The van der Waals surface area contributed by atoms with Gasteiger partial charge in [-0.2, -0.15) is 0 Å². The lowest BCUT2D eigenvalue weighted by Crippen LogP contribution is -2.22. The molecule has 0 amide bonds. The molecule has 0 spiro atoms. The van der Waals surface area contributed by atoms with Gasteiger partial charge in [-0.3, -0.25) is 0 Å². The van der Waals surface area contributed by atoms with Crippen molar-refractivity contribution in [2.75, 3.05) is 0 Å². The summed E-state index contributed by atoms with van der Waals surface area (Å²) in [6.45, 7) is 6.38. The third-order valence-electron chi connectivity index (χ3n) is 3.85. The van der Waals surface area contributed by atoms with Crippen molar-refractivity contribution >= 4 is 6.08 Å². The van der Waals surface area contributed by atoms with Gasteiger partial charge in [-0.25, -0.2) is 0 Å². The van der Waals surface area contributed by atoms with Crippen molar-refractivity contribution in [1.82, 2.24) is 5.32 Å². The summed E-state index contributed by atoms with van der Waals surface area (Å²) >= 11 is 0. The first kappa shape index (κ1) is 12.7. The molecule has 1 aromatic rings. The summed E-state index contributed by atoms with van der Waals surface area (Å²) in [5, 5.41) is 3.53. The number of hydrogen-bond donors (Lipinski definition) is 1. The first-order valence-electron chi connectivity index (χ1n) is 7.07. The maximum Gasteiger partial charge on any atom is 0.0420 e. The fraction of sp³-hybridized carbons (Fsp3) is 0.158. The van der Waals surface area contributed by atoms with E-state index in [0.717, 1.165) is 24.1 Å². The first-order chi connectivity index (χ1) is 9.75. The fourth-order valence-electron chi connectivity index (χ4n) is 2.59. The van der Waals surface area contributed by atoms with Crippen LogP contribution in [-0.2, 0) is 0 Å². The smallest absolute Gasteiger partial charge is 0.0420 e. The minimum absolute atomic E-state index is 1.11. The third kappa shape index (κ3) is 2.39. The van der Waals surface area contributed by atoms with Gasteiger partial charge in [-0.15, -0.1) is 0 Å². The van der Waals surface area contributed by atoms with Gasteiger partial charge in [0.1, 0.15) is 0 Å². The van der Waals surface area contributed by atoms with Gasteiger partial charge < -0.3 is 5.32 Å². The van der Waals surface area contributed by atoms with Gasteiger partial charge in [-0.05, 0) is 42.6 Å². The zero-order chi connectivity index (χ0) is 13.9. The molecule has 1 aliphatic heterocycles. The molecule has 2 aliphatic rings. The lowest BCUT2D eigenvalue weighted by molar-refractivity contribution is 0.891. The van der Waals surface area contributed by atoms with Crippen LogP contribution in [0, 0.1) is 0 Å². The number of rotatable bonds is 2. The number of fused-ring (bicyclic) bond motifs is 1. The van der Waals surface area contributed by atoms with Crippen LogP contribution in [0.3, 0.4) is 0 Å². The minimum Gasteiger partial charge on any atom is -0.355 e. The summed E-state index contributed by atoms with van der Waals surface area (Å²) in [5.74, 6) is 0. The van der Waals surface area contributed by atoms with E-state index in [1.807, 2.05) is 6.07 Å². The minimum atomic E-state index is 1.11. The first-order valence-corrected chi connectivity index (χ1v) is 7.07. The Labute approximate surface area is 120 Å². The topological polar surface area (TPSA) is 12.0 Å². The molecule has 0 atom stereocenters. The molecule has 1 nitrogen and oxygen atoms in total. The lowest BCUT2D eigenvalue weighted by Gasteiger charge is -2.28. The fourth-order valence-corrected chi connectivity index (χ4v) is 2.59. The summed E-state index contributed by atoms with van der Waals surface area (Å²) < 4.78 is 0. The number of allylic oxidation sites excluding steroid dienone is 5. The Balaban J connectivity index is 1.91. The van der Waals surface area contributed by atoms with E-state index in [9.17, 15) is 0 Å². The van der Waals surface area contributed by atoms with Gasteiger partial charge >= 0.3 is 0 Å². The van der Waals surface area contributed by atoms with Crippen molar-refractivity contribution in [1.29, 1.82) is 0 Å². The van der Waals surface area contributed by atoms with E-state index in [2.05, 4.69) is 67.4 Å². The molecule has 0 saturated heterocycles. The van der Waals surface area contributed by atoms with Crippen molar-refractivity contribution in [2.45, 2.75) is 19.8 Å². The normalized spacial score (nSPS) is 18.6. The molecular formula is C19H19N. The molecule has 1 aliphatic carbocycles.